The Morgan fingerprint density at radius 2 is 2.00 bits per heavy atom. The lowest BCUT2D eigenvalue weighted by molar-refractivity contribution is 0.294. The summed E-state index contributed by atoms with van der Waals surface area (Å²) in [5.41, 5.74) is 0. The molecule has 13 heavy (non-hydrogen) atoms. The Balaban J connectivity index is 2.65. The normalized spacial score (nSPS) is 20.8. The van der Waals surface area contributed by atoms with Crippen molar-refractivity contribution in [3.05, 3.63) is 0 Å². The van der Waals surface area contributed by atoms with Crippen LogP contribution in [0, 0.1) is 0 Å². The van der Waals surface area contributed by atoms with Crippen molar-refractivity contribution >= 4 is 32.6 Å². The van der Waals surface area contributed by atoms with Gasteiger partial charge in [0.2, 0.25) is 10.0 Å². The molecule has 0 aliphatic carbocycles. The van der Waals surface area contributed by atoms with Crippen LogP contribution < -0.4 is 5.32 Å². The second-order valence-electron chi connectivity index (χ2n) is 3.25. The molecule has 78 valence electrons. The quantitative estimate of drug-likeness (QED) is 0.465. The van der Waals surface area contributed by atoms with Crippen LogP contribution >= 0.6 is 22.6 Å². The number of hydrogen-bond donors (Lipinski definition) is 1. The van der Waals surface area contributed by atoms with E-state index in [4.69, 9.17) is 0 Å². The lowest BCUT2D eigenvalue weighted by atomic mass is 10.1. The van der Waals surface area contributed by atoms with E-state index in [0.29, 0.717) is 4.55 Å². The molecule has 0 bridgehead atoms. The Kier molecular flexibility index (Phi) is 4.40. The topological polar surface area (TPSA) is 49.4 Å². The molecular formula is C7H15IN2O2S. The highest BCUT2D eigenvalue weighted by Gasteiger charge is 2.26. The number of nitrogens with one attached hydrogen (secondary N) is 1. The zero-order valence-electron chi connectivity index (χ0n) is 7.66. The summed E-state index contributed by atoms with van der Waals surface area (Å²) in [4.78, 5) is 0. The second kappa shape index (κ2) is 4.90. The van der Waals surface area contributed by atoms with E-state index in [1.54, 1.807) is 4.31 Å². The Hall–Kier alpha value is 0.600. The molecule has 4 nitrogen and oxygen atoms in total. The Morgan fingerprint density at radius 1 is 1.46 bits per heavy atom. The Bertz CT molecular complexity index is 249. The van der Waals surface area contributed by atoms with Crippen molar-refractivity contribution in [3.63, 3.8) is 0 Å². The van der Waals surface area contributed by atoms with Crippen molar-refractivity contribution < 1.29 is 8.42 Å². The van der Waals surface area contributed by atoms with Crippen molar-refractivity contribution in [1.82, 2.24) is 9.62 Å². The average Bonchev–Trinajstić information content (AvgIpc) is 2.05. The molecule has 1 aliphatic heterocycles. The highest BCUT2D eigenvalue weighted by Crippen LogP contribution is 2.16. The molecular weight excluding hydrogens is 303 g/mol. The summed E-state index contributed by atoms with van der Waals surface area (Å²) in [6, 6.07) is 0.202. The maximum Gasteiger partial charge on any atom is 0.212 e. The van der Waals surface area contributed by atoms with Crippen LogP contribution in [0.15, 0.2) is 0 Å². The molecule has 6 heteroatoms. The summed E-state index contributed by atoms with van der Waals surface area (Å²) in [6.07, 6.45) is 3.14. The third-order valence-corrected chi connectivity index (χ3v) is 4.74. The van der Waals surface area contributed by atoms with Crippen molar-refractivity contribution in [2.45, 2.75) is 18.9 Å². The molecule has 0 aromatic rings. The largest absolute Gasteiger partial charge is 0.317 e. The minimum absolute atomic E-state index is 0.202. The van der Waals surface area contributed by atoms with E-state index >= 15 is 0 Å². The molecule has 1 aliphatic rings. The van der Waals surface area contributed by atoms with Crippen LogP contribution in [0.25, 0.3) is 0 Å². The van der Waals surface area contributed by atoms with Gasteiger partial charge in [0.25, 0.3) is 0 Å². The zero-order valence-corrected chi connectivity index (χ0v) is 10.6. The van der Waals surface area contributed by atoms with Gasteiger partial charge in [-0.05, 0) is 25.9 Å². The predicted molar refractivity (Wildman–Crippen MR) is 61.5 cm³/mol. The van der Waals surface area contributed by atoms with E-state index in [0.717, 1.165) is 25.9 Å². The third-order valence-electron chi connectivity index (χ3n) is 2.26. The second-order valence-corrected chi connectivity index (χ2v) is 5.87. The number of alkyl halides is 1. The van der Waals surface area contributed by atoms with Crippen LogP contribution in [0.1, 0.15) is 12.8 Å². The van der Waals surface area contributed by atoms with Crippen LogP contribution in [-0.4, -0.2) is 42.7 Å². The first-order chi connectivity index (χ1) is 6.05. The Morgan fingerprint density at radius 3 is 2.38 bits per heavy atom. The number of nitrogens with zero attached hydrogens (tertiary/aromatic N) is 1. The van der Waals surface area contributed by atoms with E-state index in [2.05, 4.69) is 27.9 Å². The fourth-order valence-corrected chi connectivity index (χ4v) is 4.56. The number of piperidine rings is 1. The van der Waals surface area contributed by atoms with Crippen molar-refractivity contribution in [2.75, 3.05) is 23.9 Å². The van der Waals surface area contributed by atoms with Crippen LogP contribution in [0.4, 0.5) is 0 Å². The zero-order chi connectivity index (χ0) is 9.90. The number of rotatable bonds is 3. The lowest BCUT2D eigenvalue weighted by Crippen LogP contribution is -2.44. The third kappa shape index (κ3) is 3.34. The maximum absolute atomic E-state index is 11.4. The maximum atomic E-state index is 11.4. The van der Waals surface area contributed by atoms with E-state index in [-0.39, 0.29) is 6.04 Å². The SMILES string of the molecule is CS(=O)(=O)N(CI)C1CCNCC1. The lowest BCUT2D eigenvalue weighted by Gasteiger charge is -2.31. The van der Waals surface area contributed by atoms with Gasteiger partial charge in [0.05, 0.1) is 10.8 Å². The fourth-order valence-electron chi connectivity index (χ4n) is 1.55. The molecule has 0 spiro atoms. The summed E-state index contributed by atoms with van der Waals surface area (Å²) in [6.45, 7) is 1.85. The fraction of sp³-hybridized carbons (Fsp3) is 1.00. The molecule has 0 aromatic carbocycles. The summed E-state index contributed by atoms with van der Waals surface area (Å²) < 4.78 is 24.9. The van der Waals surface area contributed by atoms with Crippen molar-refractivity contribution in [3.8, 4) is 0 Å². The van der Waals surface area contributed by atoms with Gasteiger partial charge in [-0.2, -0.15) is 4.31 Å². The molecule has 1 fully saturated rings. The highest BCUT2D eigenvalue weighted by atomic mass is 127. The molecule has 0 amide bonds. The average molecular weight is 318 g/mol. The highest BCUT2D eigenvalue weighted by molar-refractivity contribution is 14.1. The van der Waals surface area contributed by atoms with E-state index < -0.39 is 10.0 Å². The van der Waals surface area contributed by atoms with Gasteiger partial charge in [0, 0.05) is 6.04 Å². The van der Waals surface area contributed by atoms with Gasteiger partial charge in [-0.25, -0.2) is 8.42 Å². The monoisotopic (exact) mass is 318 g/mol. The van der Waals surface area contributed by atoms with Crippen molar-refractivity contribution in [2.24, 2.45) is 0 Å². The minimum atomic E-state index is -3.02. The van der Waals surface area contributed by atoms with Crippen LogP contribution in [0.3, 0.4) is 0 Å². The summed E-state index contributed by atoms with van der Waals surface area (Å²) in [5.74, 6) is 0. The summed E-state index contributed by atoms with van der Waals surface area (Å²) in [7, 11) is -3.02. The first-order valence-corrected chi connectivity index (χ1v) is 7.66. The molecule has 0 atom stereocenters. The van der Waals surface area contributed by atoms with Crippen LogP contribution in [0.2, 0.25) is 0 Å². The molecule has 0 aromatic heterocycles. The van der Waals surface area contributed by atoms with E-state index in [9.17, 15) is 8.42 Å². The molecule has 0 saturated carbocycles. The predicted octanol–water partition coefficient (Wildman–Crippen LogP) is 0.393. The van der Waals surface area contributed by atoms with Gasteiger partial charge in [0.15, 0.2) is 0 Å². The minimum Gasteiger partial charge on any atom is -0.317 e. The molecule has 0 unspecified atom stereocenters. The van der Waals surface area contributed by atoms with Gasteiger partial charge in [-0.15, -0.1) is 0 Å². The number of hydrogen-bond acceptors (Lipinski definition) is 3. The molecule has 1 rings (SSSR count). The van der Waals surface area contributed by atoms with E-state index in [1.165, 1.54) is 6.26 Å². The molecule has 1 saturated heterocycles. The van der Waals surface area contributed by atoms with Gasteiger partial charge < -0.3 is 5.32 Å². The molecule has 1 N–H and O–H groups in total. The van der Waals surface area contributed by atoms with Gasteiger partial charge in [-0.3, -0.25) is 0 Å². The first kappa shape index (κ1) is 11.7. The number of halogens is 1. The Labute approximate surface area is 93.3 Å². The van der Waals surface area contributed by atoms with Crippen molar-refractivity contribution in [1.29, 1.82) is 0 Å². The first-order valence-electron chi connectivity index (χ1n) is 4.29. The van der Waals surface area contributed by atoms with Crippen LogP contribution in [-0.2, 0) is 10.0 Å². The molecule has 1 heterocycles. The standard InChI is InChI=1S/C7H15IN2O2S/c1-13(11,12)10(6-8)7-2-4-9-5-3-7/h7,9H,2-6H2,1H3. The summed E-state index contributed by atoms with van der Waals surface area (Å²) >= 11 is 2.10. The smallest absolute Gasteiger partial charge is 0.212 e. The number of sulfonamides is 1. The van der Waals surface area contributed by atoms with Gasteiger partial charge in [-0.1, -0.05) is 22.6 Å². The molecule has 0 radical (unpaired) electrons. The van der Waals surface area contributed by atoms with Gasteiger partial charge >= 0.3 is 0 Å². The van der Waals surface area contributed by atoms with Gasteiger partial charge in [0.1, 0.15) is 0 Å². The summed E-state index contributed by atoms with van der Waals surface area (Å²) in [5, 5.41) is 3.22. The van der Waals surface area contributed by atoms with Crippen LogP contribution in [0.5, 0.6) is 0 Å². The van der Waals surface area contributed by atoms with E-state index in [1.807, 2.05) is 0 Å².